The zero-order valence-corrected chi connectivity index (χ0v) is 19.7. The van der Waals surface area contributed by atoms with E-state index in [1.165, 1.54) is 11.0 Å². The van der Waals surface area contributed by atoms with Crippen LogP contribution < -0.4 is 14.8 Å². The zero-order chi connectivity index (χ0) is 24.2. The van der Waals surface area contributed by atoms with E-state index in [1.54, 1.807) is 62.2 Å². The third-order valence-electron chi connectivity index (χ3n) is 5.00. The van der Waals surface area contributed by atoms with Gasteiger partial charge in [-0.15, -0.1) is 0 Å². The lowest BCUT2D eigenvalue weighted by molar-refractivity contribution is -0.133. The van der Waals surface area contributed by atoms with Gasteiger partial charge in [0.25, 0.3) is 5.91 Å². The summed E-state index contributed by atoms with van der Waals surface area (Å²) in [6.45, 7) is 7.84. The lowest BCUT2D eigenvalue weighted by Gasteiger charge is -2.28. The fourth-order valence-electron chi connectivity index (χ4n) is 3.60. The van der Waals surface area contributed by atoms with Gasteiger partial charge in [-0.05, 0) is 38.3 Å². The Kier molecular flexibility index (Phi) is 7.43. The Morgan fingerprint density at radius 3 is 2.67 bits per heavy atom. The summed E-state index contributed by atoms with van der Waals surface area (Å²) in [6, 6.07) is 8.10. The summed E-state index contributed by atoms with van der Waals surface area (Å²) in [5.74, 6) is 1.62. The summed E-state index contributed by atoms with van der Waals surface area (Å²) in [6.07, 6.45) is 3.59. The fourth-order valence-corrected chi connectivity index (χ4v) is 3.60. The van der Waals surface area contributed by atoms with Crippen LogP contribution in [-0.4, -0.2) is 56.9 Å². The van der Waals surface area contributed by atoms with E-state index < -0.39 is 11.6 Å². The minimum atomic E-state index is -0.930. The van der Waals surface area contributed by atoms with Crippen LogP contribution in [0, 0.1) is 5.92 Å². The van der Waals surface area contributed by atoms with Gasteiger partial charge in [0.2, 0.25) is 5.91 Å². The molecule has 0 saturated heterocycles. The molecular formula is C24H32N4O5. The number of anilines is 1. The number of ether oxygens (including phenoxy) is 2. The number of methoxy groups -OCH3 is 1. The average Bonchev–Trinajstić information content (AvgIpc) is 3.30. The molecule has 0 saturated carbocycles. The number of aromatic nitrogens is 2. The van der Waals surface area contributed by atoms with Crippen LogP contribution in [0.2, 0.25) is 0 Å². The van der Waals surface area contributed by atoms with Crippen LogP contribution in [0.5, 0.6) is 11.5 Å². The van der Waals surface area contributed by atoms with Crippen LogP contribution in [0.1, 0.15) is 34.1 Å². The normalized spacial score (nSPS) is 14.9. The number of rotatable bonds is 10. The van der Waals surface area contributed by atoms with Gasteiger partial charge in [-0.3, -0.25) is 14.3 Å². The van der Waals surface area contributed by atoms with Crippen molar-refractivity contribution >= 4 is 17.6 Å². The van der Waals surface area contributed by atoms with E-state index in [4.69, 9.17) is 9.47 Å². The molecule has 1 atom stereocenters. The number of hydrogen-bond acceptors (Lipinski definition) is 6. The lowest BCUT2D eigenvalue weighted by Crippen LogP contribution is -2.46. The molecule has 3 rings (SSSR count). The Hall–Kier alpha value is -3.33. The van der Waals surface area contributed by atoms with Crippen molar-refractivity contribution in [2.45, 2.75) is 52.3 Å². The summed E-state index contributed by atoms with van der Waals surface area (Å²) in [7, 11) is 1.57. The van der Waals surface area contributed by atoms with Crippen molar-refractivity contribution in [2.75, 3.05) is 19.0 Å². The first-order chi connectivity index (χ1) is 15.5. The molecule has 1 aliphatic rings. The highest BCUT2D eigenvalue weighted by Gasteiger charge is 2.35. The molecule has 0 aliphatic carbocycles. The second-order valence-electron chi connectivity index (χ2n) is 9.20. The summed E-state index contributed by atoms with van der Waals surface area (Å²) in [5.41, 5.74) is -0.930. The molecule has 1 aromatic heterocycles. The third-order valence-corrected chi connectivity index (χ3v) is 5.00. The van der Waals surface area contributed by atoms with Crippen LogP contribution >= 0.6 is 0 Å². The quantitative estimate of drug-likeness (QED) is 0.570. The molecular weight excluding hydrogens is 424 g/mol. The number of carbonyl (C=O) groups is 2. The van der Waals surface area contributed by atoms with Crippen molar-refractivity contribution in [2.24, 2.45) is 5.92 Å². The molecule has 0 fully saturated rings. The van der Waals surface area contributed by atoms with Crippen molar-refractivity contribution in [3.63, 3.8) is 0 Å². The highest BCUT2D eigenvalue weighted by atomic mass is 16.5. The molecule has 33 heavy (non-hydrogen) atoms. The summed E-state index contributed by atoms with van der Waals surface area (Å²) in [5, 5.41) is 17.1. The molecule has 1 aromatic carbocycles. The number of hydrogen-bond donors (Lipinski definition) is 2. The molecule has 2 amide bonds. The fraction of sp³-hybridized carbons (Fsp3) is 0.458. The topological polar surface area (TPSA) is 106 Å². The van der Waals surface area contributed by atoms with Gasteiger partial charge in [0, 0.05) is 24.4 Å². The zero-order valence-electron chi connectivity index (χ0n) is 19.7. The number of benzene rings is 1. The Morgan fingerprint density at radius 1 is 1.27 bits per heavy atom. The van der Waals surface area contributed by atoms with Gasteiger partial charge in [-0.25, -0.2) is 0 Å². The second-order valence-corrected chi connectivity index (χ2v) is 9.20. The van der Waals surface area contributed by atoms with Crippen molar-refractivity contribution in [3.05, 3.63) is 48.4 Å². The minimum absolute atomic E-state index is 0.185. The predicted molar refractivity (Wildman–Crippen MR) is 124 cm³/mol. The van der Waals surface area contributed by atoms with Crippen LogP contribution in [0.3, 0.4) is 0 Å². The van der Waals surface area contributed by atoms with Crippen LogP contribution in [0.4, 0.5) is 5.82 Å². The van der Waals surface area contributed by atoms with E-state index in [0.29, 0.717) is 29.5 Å². The van der Waals surface area contributed by atoms with Gasteiger partial charge in [0.1, 0.15) is 23.3 Å². The summed E-state index contributed by atoms with van der Waals surface area (Å²) < 4.78 is 12.6. The molecule has 2 N–H and O–H groups in total. The number of aliphatic hydroxyl groups is 1. The minimum Gasteiger partial charge on any atom is -0.497 e. The van der Waals surface area contributed by atoms with Gasteiger partial charge >= 0.3 is 0 Å². The number of amides is 2. The standard InChI is InChI=1S/C24H32N4O5/c1-16(2)11-20(23(30)25-21-9-10-27(26-21)15-24(3,4)31)28-14-19(13-22(28)29)33-18-8-6-7-17(12-18)32-5/h6-10,12-13,16,20,31H,11,14-15H2,1-5H3,(H,25,26,30)/t20-/m0/s1. The summed E-state index contributed by atoms with van der Waals surface area (Å²) >= 11 is 0. The number of carbonyl (C=O) groups excluding carboxylic acids is 2. The van der Waals surface area contributed by atoms with Gasteiger partial charge in [0.05, 0.1) is 25.8 Å². The SMILES string of the molecule is COc1cccc(OC2=CC(=O)N([C@@H](CC(C)C)C(=O)Nc3ccn(CC(C)(C)O)n3)C2)c1. The third kappa shape index (κ3) is 6.82. The maximum Gasteiger partial charge on any atom is 0.251 e. The van der Waals surface area contributed by atoms with Crippen LogP contribution in [0.15, 0.2) is 48.4 Å². The smallest absolute Gasteiger partial charge is 0.251 e. The highest BCUT2D eigenvalue weighted by molar-refractivity contribution is 5.99. The highest BCUT2D eigenvalue weighted by Crippen LogP contribution is 2.25. The van der Waals surface area contributed by atoms with Gasteiger partial charge in [-0.1, -0.05) is 19.9 Å². The van der Waals surface area contributed by atoms with Crippen molar-refractivity contribution in [1.82, 2.24) is 14.7 Å². The van der Waals surface area contributed by atoms with E-state index in [9.17, 15) is 14.7 Å². The Balaban J connectivity index is 1.69. The van der Waals surface area contributed by atoms with E-state index >= 15 is 0 Å². The lowest BCUT2D eigenvalue weighted by atomic mass is 10.0. The molecule has 0 radical (unpaired) electrons. The second kappa shape index (κ2) is 10.1. The van der Waals surface area contributed by atoms with Gasteiger partial charge in [0.15, 0.2) is 5.82 Å². The first-order valence-corrected chi connectivity index (χ1v) is 10.9. The Bertz CT molecular complexity index is 1020. The molecule has 2 heterocycles. The average molecular weight is 457 g/mol. The largest absolute Gasteiger partial charge is 0.497 e. The van der Waals surface area contributed by atoms with Gasteiger partial charge < -0.3 is 24.8 Å². The van der Waals surface area contributed by atoms with E-state index in [2.05, 4.69) is 10.4 Å². The first kappa shape index (κ1) is 24.3. The molecule has 178 valence electrons. The molecule has 0 unspecified atom stereocenters. The summed E-state index contributed by atoms with van der Waals surface area (Å²) in [4.78, 5) is 27.4. The van der Waals surface area contributed by atoms with E-state index in [-0.39, 0.29) is 30.8 Å². The first-order valence-electron chi connectivity index (χ1n) is 10.9. The molecule has 0 spiro atoms. The Labute approximate surface area is 194 Å². The molecule has 1 aliphatic heterocycles. The van der Waals surface area contributed by atoms with Crippen molar-refractivity contribution in [3.8, 4) is 11.5 Å². The van der Waals surface area contributed by atoms with Crippen LogP contribution in [-0.2, 0) is 16.1 Å². The molecule has 9 heteroatoms. The number of nitrogens with zero attached hydrogens (tertiary/aromatic N) is 3. The predicted octanol–water partition coefficient (Wildman–Crippen LogP) is 2.82. The van der Waals surface area contributed by atoms with E-state index in [1.807, 2.05) is 13.8 Å². The maximum absolute atomic E-state index is 13.1. The van der Waals surface area contributed by atoms with Crippen molar-refractivity contribution < 1.29 is 24.2 Å². The van der Waals surface area contributed by atoms with Crippen molar-refractivity contribution in [1.29, 1.82) is 0 Å². The van der Waals surface area contributed by atoms with Crippen LogP contribution in [0.25, 0.3) is 0 Å². The molecule has 9 nitrogen and oxygen atoms in total. The maximum atomic E-state index is 13.1. The van der Waals surface area contributed by atoms with E-state index in [0.717, 1.165) is 0 Å². The molecule has 2 aromatic rings. The molecule has 0 bridgehead atoms. The van der Waals surface area contributed by atoms with Gasteiger partial charge in [-0.2, -0.15) is 5.10 Å². The Morgan fingerprint density at radius 2 is 2.00 bits per heavy atom. The monoisotopic (exact) mass is 456 g/mol. The number of nitrogens with one attached hydrogen (secondary N) is 1.